The average molecular weight is 575 g/mol. The quantitative estimate of drug-likeness (QED) is 0.468. The fourth-order valence-corrected chi connectivity index (χ4v) is 6.73. The molecule has 0 nitrogen and oxygen atoms in total. The molecule has 0 aliphatic heterocycles. The molecule has 1 atom stereocenters. The molecule has 3 heteroatoms. The molecule has 0 spiro atoms. The van der Waals surface area contributed by atoms with Crippen LogP contribution in [0, 0.1) is 5.41 Å². The monoisotopic (exact) mass is 575 g/mol. The van der Waals surface area contributed by atoms with Crippen molar-refractivity contribution >= 4 is 11.1 Å². The van der Waals surface area contributed by atoms with E-state index in [9.17, 15) is 0 Å². The predicted octanol–water partition coefficient (Wildman–Crippen LogP) is 0.900. The first-order valence-corrected chi connectivity index (χ1v) is 11.4. The molecule has 0 amide bonds. The van der Waals surface area contributed by atoms with Gasteiger partial charge in [-0.25, -0.2) is 0 Å². The maximum atomic E-state index is 2.40. The third kappa shape index (κ3) is 3.34. The van der Waals surface area contributed by atoms with Gasteiger partial charge in [0.15, 0.2) is 0 Å². The number of rotatable bonds is 2. The van der Waals surface area contributed by atoms with Crippen molar-refractivity contribution in [3.8, 4) is 0 Å². The summed E-state index contributed by atoms with van der Waals surface area (Å²) in [6.45, 7) is 11.7. The zero-order valence-corrected chi connectivity index (χ0v) is 22.1. The van der Waals surface area contributed by atoms with Crippen molar-refractivity contribution in [1.29, 1.82) is 0 Å². The maximum Gasteiger partial charge on any atom is -1.00 e. The minimum Gasteiger partial charge on any atom is -1.00 e. The second kappa shape index (κ2) is 8.46. The molecule has 2 aromatic carbocycles. The number of hydrogen-bond acceptors (Lipinski definition) is 0. The molecule has 0 fully saturated rings. The molecule has 0 radical (unpaired) electrons. The largest absolute Gasteiger partial charge is 1.00 e. The summed E-state index contributed by atoms with van der Waals surface area (Å²) in [5.74, 6) is 0. The van der Waals surface area contributed by atoms with Gasteiger partial charge in [0.2, 0.25) is 0 Å². The molecule has 2 aliphatic rings. The molecule has 28 heavy (non-hydrogen) atoms. The molecule has 0 saturated heterocycles. The number of hydrogen-bond donors (Lipinski definition) is 0. The topological polar surface area (TPSA) is 0 Å². The summed E-state index contributed by atoms with van der Waals surface area (Å²) < 4.78 is 0.556. The van der Waals surface area contributed by atoms with Crippen molar-refractivity contribution in [1.82, 2.24) is 0 Å². The first-order chi connectivity index (χ1) is 12.4. The Morgan fingerprint density at radius 2 is 1.36 bits per heavy atom. The van der Waals surface area contributed by atoms with E-state index in [1.165, 1.54) is 44.6 Å². The van der Waals surface area contributed by atoms with Crippen LogP contribution in [-0.2, 0) is 24.4 Å². The van der Waals surface area contributed by atoms with Gasteiger partial charge in [0.25, 0.3) is 0 Å². The zero-order valence-electron chi connectivity index (χ0n) is 17.0. The Balaban J connectivity index is 0.00000140. The Bertz CT molecular complexity index is 994. The number of benzene rings is 2. The third-order valence-electron chi connectivity index (χ3n) is 6.50. The number of fused-ring (bicyclic) bond motifs is 1. The van der Waals surface area contributed by atoms with Crippen LogP contribution in [0.3, 0.4) is 0 Å². The second-order valence-corrected chi connectivity index (χ2v) is 10.1. The van der Waals surface area contributed by atoms with Gasteiger partial charge >= 0.3 is 173 Å². The summed E-state index contributed by atoms with van der Waals surface area (Å²) in [5.41, 5.74) is 13.5. The van der Waals surface area contributed by atoms with E-state index in [1.54, 1.807) is 5.57 Å². The molecule has 1 unspecified atom stereocenters. The minimum atomic E-state index is 0. The summed E-state index contributed by atoms with van der Waals surface area (Å²) in [4.78, 5) is 0. The van der Waals surface area contributed by atoms with Gasteiger partial charge in [-0.1, -0.05) is 0 Å². The zero-order chi connectivity index (χ0) is 18.6. The SMILES string of the molecule is CC1=C(C)C(C)(C)C(C2=C(c3ccccc3)[CH]([Hf+2])c3ccccc32)=C1C.[Cl-].[Cl-]. The van der Waals surface area contributed by atoms with E-state index in [-0.39, 0.29) is 30.2 Å². The van der Waals surface area contributed by atoms with Gasteiger partial charge in [0.05, 0.1) is 0 Å². The van der Waals surface area contributed by atoms with Gasteiger partial charge < -0.3 is 24.8 Å². The Labute approximate surface area is 196 Å². The summed E-state index contributed by atoms with van der Waals surface area (Å²) in [6, 6.07) is 20.1. The molecule has 143 valence electrons. The second-order valence-electron chi connectivity index (χ2n) is 8.05. The van der Waals surface area contributed by atoms with Crippen molar-refractivity contribution in [2.24, 2.45) is 5.41 Å². The fraction of sp³-hybridized carbons (Fsp3) is 0.280. The van der Waals surface area contributed by atoms with Crippen LogP contribution >= 0.6 is 0 Å². The van der Waals surface area contributed by atoms with Gasteiger partial charge in [0.1, 0.15) is 0 Å². The minimum absolute atomic E-state index is 0. The van der Waals surface area contributed by atoms with E-state index in [0.29, 0.717) is 3.67 Å². The van der Waals surface area contributed by atoms with Gasteiger partial charge in [0, 0.05) is 0 Å². The van der Waals surface area contributed by atoms with E-state index in [1.807, 2.05) is 0 Å². The summed E-state index contributed by atoms with van der Waals surface area (Å²) in [6.07, 6.45) is 0. The van der Waals surface area contributed by atoms with Crippen LogP contribution < -0.4 is 24.8 Å². The fourth-order valence-electron chi connectivity index (χ4n) is 4.71. The number of allylic oxidation sites excluding steroid dienone is 6. The van der Waals surface area contributed by atoms with E-state index in [0.717, 1.165) is 24.4 Å². The van der Waals surface area contributed by atoms with Crippen molar-refractivity contribution in [3.05, 3.63) is 93.6 Å². The van der Waals surface area contributed by atoms with Crippen molar-refractivity contribution in [2.45, 2.75) is 38.3 Å². The van der Waals surface area contributed by atoms with E-state index >= 15 is 0 Å². The summed E-state index contributed by atoms with van der Waals surface area (Å²) in [5, 5.41) is 0. The molecule has 0 saturated carbocycles. The smallest absolute Gasteiger partial charge is 1.00 e. The first kappa shape index (κ1) is 23.4. The van der Waals surface area contributed by atoms with Gasteiger partial charge in [-0.15, -0.1) is 0 Å². The molecule has 4 rings (SSSR count). The van der Waals surface area contributed by atoms with Crippen molar-refractivity contribution in [2.75, 3.05) is 0 Å². The number of halogens is 2. The van der Waals surface area contributed by atoms with E-state index in [4.69, 9.17) is 0 Å². The van der Waals surface area contributed by atoms with Crippen LogP contribution in [-0.4, -0.2) is 0 Å². The van der Waals surface area contributed by atoms with Crippen molar-refractivity contribution < 1.29 is 49.2 Å². The van der Waals surface area contributed by atoms with Crippen LogP contribution in [0.2, 0.25) is 0 Å². The molecule has 0 aromatic heterocycles. The van der Waals surface area contributed by atoms with Crippen LogP contribution in [0.5, 0.6) is 0 Å². The Hall–Kier alpha value is -0.890. The van der Waals surface area contributed by atoms with Crippen LogP contribution in [0.1, 0.15) is 55.0 Å². The normalized spacial score (nSPS) is 20.2. The third-order valence-corrected chi connectivity index (χ3v) is 8.65. The predicted molar refractivity (Wildman–Crippen MR) is 107 cm³/mol. The standard InChI is InChI=1S/C25H25.2ClH.Hf/c1-16-17(2)24(25(4,5)18(16)3)23-21-14-10-9-13-20(21)15-22(23)19-11-7-6-8-12-19;;;/h6-15H,1-5H3;2*1H;/q;;;+2/p-2. The Kier molecular flexibility index (Phi) is 7.07. The summed E-state index contributed by atoms with van der Waals surface area (Å²) in [7, 11) is 0. The van der Waals surface area contributed by atoms with E-state index < -0.39 is 0 Å². The van der Waals surface area contributed by atoms with Gasteiger partial charge in [-0.05, 0) is 0 Å². The molecule has 2 aromatic rings. The molecular weight excluding hydrogens is 550 g/mol. The van der Waals surface area contributed by atoms with Crippen molar-refractivity contribution in [3.63, 3.8) is 0 Å². The van der Waals surface area contributed by atoms with Crippen LogP contribution in [0.15, 0.2) is 76.9 Å². The van der Waals surface area contributed by atoms with E-state index in [2.05, 4.69) is 89.2 Å². The molecule has 2 aliphatic carbocycles. The first-order valence-electron chi connectivity index (χ1n) is 9.35. The molecule has 0 heterocycles. The molecule has 0 bridgehead atoms. The molecular formula is C25H25Cl2Hf. The molecule has 0 N–H and O–H groups in total. The van der Waals surface area contributed by atoms with Gasteiger partial charge in [-0.3, -0.25) is 0 Å². The Morgan fingerprint density at radius 1 is 0.786 bits per heavy atom. The maximum absolute atomic E-state index is 2.40. The Morgan fingerprint density at radius 3 is 1.93 bits per heavy atom. The van der Waals surface area contributed by atoms with Gasteiger partial charge in [-0.2, -0.15) is 0 Å². The van der Waals surface area contributed by atoms with Crippen LogP contribution in [0.25, 0.3) is 11.1 Å². The average Bonchev–Trinajstić information content (AvgIpc) is 3.01. The summed E-state index contributed by atoms with van der Waals surface area (Å²) >= 11 is 1.13. The van der Waals surface area contributed by atoms with Crippen LogP contribution in [0.4, 0.5) is 0 Å².